The van der Waals surface area contributed by atoms with Gasteiger partial charge in [-0.1, -0.05) is 46.0 Å². The van der Waals surface area contributed by atoms with Gasteiger partial charge >= 0.3 is 0 Å². The summed E-state index contributed by atoms with van der Waals surface area (Å²) < 4.78 is 0. The van der Waals surface area contributed by atoms with Gasteiger partial charge in [0, 0.05) is 11.4 Å². The molecule has 0 unspecified atom stereocenters. The quantitative estimate of drug-likeness (QED) is 0.653. The van der Waals surface area contributed by atoms with Crippen molar-refractivity contribution in [1.29, 1.82) is 0 Å². The minimum absolute atomic E-state index is 1.10. The molecule has 0 aromatic carbocycles. The van der Waals surface area contributed by atoms with Crippen LogP contribution in [0.15, 0.2) is 12.1 Å². The van der Waals surface area contributed by atoms with Gasteiger partial charge in [-0.2, -0.15) is 0 Å². The zero-order valence-corrected chi connectivity index (χ0v) is 11.6. The highest BCUT2D eigenvalue weighted by atomic mass is 14.7. The monoisotopic (exact) mass is 221 g/mol. The molecule has 0 bridgehead atoms. The molecule has 0 spiro atoms. The predicted octanol–water partition coefficient (Wildman–Crippen LogP) is 4.98. The largest absolute Gasteiger partial charge is 0.258 e. The average molecular weight is 221 g/mol. The lowest BCUT2D eigenvalue weighted by Gasteiger charge is -1.96. The zero-order valence-electron chi connectivity index (χ0n) is 11.6. The molecule has 92 valence electrons. The fourth-order valence-electron chi connectivity index (χ4n) is 1.72. The maximum absolute atomic E-state index is 4.23. The van der Waals surface area contributed by atoms with E-state index in [9.17, 15) is 0 Å². The Hall–Kier alpha value is -0.850. The fraction of sp³-hybridized carbons (Fsp3) is 0.667. The highest BCUT2D eigenvalue weighted by Crippen LogP contribution is 2.01. The van der Waals surface area contributed by atoms with Crippen molar-refractivity contribution in [2.75, 3.05) is 0 Å². The van der Waals surface area contributed by atoms with Crippen molar-refractivity contribution in [2.45, 2.75) is 66.7 Å². The molecular formula is C15H27N. The molecule has 0 radical (unpaired) electrons. The van der Waals surface area contributed by atoms with Gasteiger partial charge in [-0.3, -0.25) is 4.98 Å². The Kier molecular flexibility index (Phi) is 8.88. The van der Waals surface area contributed by atoms with Crippen molar-refractivity contribution in [3.63, 3.8) is 0 Å². The molecule has 1 aromatic heterocycles. The molecule has 0 aliphatic carbocycles. The van der Waals surface area contributed by atoms with E-state index in [1.807, 2.05) is 13.8 Å². The van der Waals surface area contributed by atoms with Crippen LogP contribution in [-0.4, -0.2) is 4.98 Å². The van der Waals surface area contributed by atoms with Gasteiger partial charge < -0.3 is 0 Å². The Morgan fingerprint density at radius 3 is 1.56 bits per heavy atom. The second-order valence-corrected chi connectivity index (χ2v) is 4.49. The van der Waals surface area contributed by atoms with Gasteiger partial charge in [-0.05, 0) is 38.5 Å². The van der Waals surface area contributed by atoms with E-state index in [4.69, 9.17) is 0 Å². The Bertz CT molecular complexity index is 224. The van der Waals surface area contributed by atoms with Gasteiger partial charge in [0.1, 0.15) is 0 Å². The lowest BCUT2D eigenvalue weighted by molar-refractivity contribution is 0.656. The van der Waals surface area contributed by atoms with Gasteiger partial charge in [0.2, 0.25) is 0 Å². The molecule has 0 atom stereocenters. The predicted molar refractivity (Wildman–Crippen MR) is 72.9 cm³/mol. The van der Waals surface area contributed by atoms with Crippen molar-refractivity contribution >= 4 is 0 Å². The van der Waals surface area contributed by atoms with E-state index < -0.39 is 0 Å². The molecule has 0 N–H and O–H groups in total. The van der Waals surface area contributed by atoms with Crippen LogP contribution in [0.1, 0.15) is 62.9 Å². The van der Waals surface area contributed by atoms with Crippen LogP contribution < -0.4 is 0 Å². The van der Waals surface area contributed by atoms with E-state index in [2.05, 4.69) is 37.9 Å². The third-order valence-electron chi connectivity index (χ3n) is 2.43. The topological polar surface area (TPSA) is 12.9 Å². The maximum Gasteiger partial charge on any atom is 0.0378 e. The third-order valence-corrected chi connectivity index (χ3v) is 2.43. The van der Waals surface area contributed by atoms with E-state index >= 15 is 0 Å². The Morgan fingerprint density at radius 2 is 1.25 bits per heavy atom. The minimum Gasteiger partial charge on any atom is -0.258 e. The number of aromatic nitrogens is 1. The molecule has 16 heavy (non-hydrogen) atoms. The number of hydrogen-bond acceptors (Lipinski definition) is 1. The lowest BCUT2D eigenvalue weighted by atomic mass is 10.2. The number of unbranched alkanes of at least 4 members (excludes halogenated alkanes) is 4. The number of hydrogen-bond donors (Lipinski definition) is 0. The van der Waals surface area contributed by atoms with Gasteiger partial charge in [0.15, 0.2) is 0 Å². The molecule has 1 nitrogen and oxygen atoms in total. The highest BCUT2D eigenvalue weighted by molar-refractivity contribution is 5.18. The fourth-order valence-corrected chi connectivity index (χ4v) is 1.72. The Labute approximate surface area is 101 Å². The van der Waals surface area contributed by atoms with Crippen LogP contribution in [0.4, 0.5) is 0 Å². The van der Waals surface area contributed by atoms with Gasteiger partial charge in [-0.15, -0.1) is 0 Å². The number of pyridine rings is 1. The summed E-state index contributed by atoms with van der Waals surface area (Å²) in [4.78, 5) is 4.23. The van der Waals surface area contributed by atoms with E-state index in [0.717, 1.165) is 11.4 Å². The first-order chi connectivity index (χ1) is 7.60. The molecule has 1 heterocycles. The van der Waals surface area contributed by atoms with Crippen LogP contribution in [0.2, 0.25) is 0 Å². The number of rotatable bonds is 4. The molecule has 0 fully saturated rings. The second-order valence-electron chi connectivity index (χ2n) is 4.49. The Balaban J connectivity index is 0.000000293. The van der Waals surface area contributed by atoms with E-state index in [-0.39, 0.29) is 0 Å². The normalized spacial score (nSPS) is 9.56. The summed E-state index contributed by atoms with van der Waals surface area (Å²) in [5.41, 5.74) is 3.50. The molecule has 0 amide bonds. The summed E-state index contributed by atoms with van der Waals surface area (Å²) in [5, 5.41) is 0. The molecule has 1 aromatic rings. The van der Waals surface area contributed by atoms with E-state index in [1.54, 1.807) is 0 Å². The van der Waals surface area contributed by atoms with Gasteiger partial charge in [0.25, 0.3) is 0 Å². The van der Waals surface area contributed by atoms with Crippen molar-refractivity contribution < 1.29 is 0 Å². The van der Waals surface area contributed by atoms with Crippen LogP contribution in [0.5, 0.6) is 0 Å². The standard InChI is InChI=1S/C8H11N.C7H16/c1-6-4-7(2)9-8(3)5-6;1-3-5-7-6-4-2/h4-5H,1-3H3;3-7H2,1-2H3. The zero-order chi connectivity index (χ0) is 12.4. The summed E-state index contributed by atoms with van der Waals surface area (Å²) in [6.45, 7) is 10.6. The van der Waals surface area contributed by atoms with E-state index in [1.165, 1.54) is 37.7 Å². The van der Waals surface area contributed by atoms with Crippen LogP contribution in [0.3, 0.4) is 0 Å². The SMILES string of the molecule is CCCCCCC.Cc1cc(C)nc(C)c1. The summed E-state index contributed by atoms with van der Waals surface area (Å²) >= 11 is 0. The maximum atomic E-state index is 4.23. The Morgan fingerprint density at radius 1 is 0.812 bits per heavy atom. The smallest absolute Gasteiger partial charge is 0.0378 e. The molecular weight excluding hydrogens is 194 g/mol. The molecule has 1 rings (SSSR count). The first-order valence-corrected chi connectivity index (χ1v) is 6.52. The van der Waals surface area contributed by atoms with Gasteiger partial charge in [0.05, 0.1) is 0 Å². The third kappa shape index (κ3) is 8.46. The summed E-state index contributed by atoms with van der Waals surface area (Å²) in [5.74, 6) is 0. The first kappa shape index (κ1) is 15.2. The van der Waals surface area contributed by atoms with Crippen LogP contribution in [0, 0.1) is 20.8 Å². The molecule has 0 aliphatic heterocycles. The summed E-state index contributed by atoms with van der Waals surface area (Å²) in [6.07, 6.45) is 7.01. The molecule has 0 aliphatic rings. The molecule has 1 heteroatoms. The van der Waals surface area contributed by atoms with Crippen LogP contribution in [-0.2, 0) is 0 Å². The summed E-state index contributed by atoms with van der Waals surface area (Å²) in [6, 6.07) is 4.15. The minimum atomic E-state index is 1.10. The first-order valence-electron chi connectivity index (χ1n) is 6.52. The molecule has 0 saturated heterocycles. The average Bonchev–Trinajstić information content (AvgIpc) is 2.17. The van der Waals surface area contributed by atoms with Crippen LogP contribution in [0.25, 0.3) is 0 Å². The van der Waals surface area contributed by atoms with Crippen molar-refractivity contribution in [2.24, 2.45) is 0 Å². The highest BCUT2D eigenvalue weighted by Gasteiger charge is 1.88. The van der Waals surface area contributed by atoms with E-state index in [0.29, 0.717) is 0 Å². The molecule has 0 saturated carbocycles. The van der Waals surface area contributed by atoms with Crippen molar-refractivity contribution in [3.8, 4) is 0 Å². The van der Waals surface area contributed by atoms with Crippen LogP contribution >= 0.6 is 0 Å². The number of nitrogens with zero attached hydrogens (tertiary/aromatic N) is 1. The van der Waals surface area contributed by atoms with Crippen molar-refractivity contribution in [1.82, 2.24) is 4.98 Å². The number of aryl methyl sites for hydroxylation is 3. The van der Waals surface area contributed by atoms with Gasteiger partial charge in [-0.25, -0.2) is 0 Å². The summed E-state index contributed by atoms with van der Waals surface area (Å²) in [7, 11) is 0. The lowest BCUT2D eigenvalue weighted by Crippen LogP contribution is -1.85. The second kappa shape index (κ2) is 9.38. The van der Waals surface area contributed by atoms with Crippen molar-refractivity contribution in [3.05, 3.63) is 29.1 Å².